The van der Waals surface area contributed by atoms with E-state index in [9.17, 15) is 10.1 Å². The Morgan fingerprint density at radius 2 is 2.13 bits per heavy atom. The van der Waals surface area contributed by atoms with Crippen molar-refractivity contribution in [3.8, 4) is 28.9 Å². The maximum absolute atomic E-state index is 12.5. The third-order valence-electron chi connectivity index (χ3n) is 8.47. The molecule has 3 heterocycles. The third-order valence-corrected chi connectivity index (χ3v) is 8.47. The maximum Gasteiger partial charge on any atom is 0.313 e. The van der Waals surface area contributed by atoms with Crippen LogP contribution in [0, 0.1) is 16.7 Å². The number of carbonyl (C=O) groups is 1. The molecule has 1 spiro atoms. The number of nitrogens with one attached hydrogen (secondary N) is 1. The van der Waals surface area contributed by atoms with E-state index in [0.717, 1.165) is 57.3 Å². The first kappa shape index (κ1) is 25.5. The monoisotopic (exact) mass is 526 g/mol. The van der Waals surface area contributed by atoms with Crippen LogP contribution in [-0.2, 0) is 21.4 Å². The van der Waals surface area contributed by atoms with E-state index in [4.69, 9.17) is 14.2 Å². The molecule has 1 saturated heterocycles. The maximum atomic E-state index is 12.5. The van der Waals surface area contributed by atoms with Crippen LogP contribution in [0.5, 0.6) is 0 Å². The first-order valence-electron chi connectivity index (χ1n) is 13.9. The van der Waals surface area contributed by atoms with Gasteiger partial charge in [-0.05, 0) is 76.6 Å². The Morgan fingerprint density at radius 3 is 2.87 bits per heavy atom. The molecule has 3 aliphatic rings. The number of benzene rings is 1. The number of nitrogens with zero attached hydrogens (tertiary/aromatic N) is 5. The van der Waals surface area contributed by atoms with Gasteiger partial charge in [0.05, 0.1) is 23.1 Å². The van der Waals surface area contributed by atoms with Crippen LogP contribution in [0.3, 0.4) is 0 Å². The zero-order chi connectivity index (χ0) is 27.2. The van der Waals surface area contributed by atoms with Crippen molar-refractivity contribution in [2.75, 3.05) is 31.6 Å². The average molecular weight is 527 g/mol. The molecule has 2 fully saturated rings. The van der Waals surface area contributed by atoms with Gasteiger partial charge in [0.2, 0.25) is 5.82 Å². The van der Waals surface area contributed by atoms with Crippen LogP contribution in [0.2, 0.25) is 0 Å². The number of aromatic nitrogens is 3. The summed E-state index contributed by atoms with van der Waals surface area (Å²) in [4.78, 5) is 24.1. The minimum Gasteiger partial charge on any atom is -0.466 e. The number of hydrogen-bond acceptors (Lipinski definition) is 9. The molecular weight excluding hydrogens is 492 g/mol. The highest BCUT2D eigenvalue weighted by Crippen LogP contribution is 2.52. The van der Waals surface area contributed by atoms with E-state index in [2.05, 4.69) is 44.6 Å². The molecule has 202 valence electrons. The zero-order valence-corrected chi connectivity index (χ0v) is 22.8. The van der Waals surface area contributed by atoms with E-state index in [1.165, 1.54) is 11.1 Å². The molecule has 1 saturated carbocycles. The Bertz CT molecular complexity index is 1450. The fraction of sp³-hybridized carbons (Fsp3) is 0.500. The van der Waals surface area contributed by atoms with Gasteiger partial charge >= 0.3 is 5.97 Å². The minimum atomic E-state index is -0.296. The van der Waals surface area contributed by atoms with E-state index in [-0.39, 0.29) is 22.8 Å². The lowest BCUT2D eigenvalue weighted by Crippen LogP contribution is -2.36. The molecule has 9 heteroatoms. The van der Waals surface area contributed by atoms with Crippen LogP contribution in [-0.4, -0.2) is 58.3 Å². The molecule has 0 radical (unpaired) electrons. The number of carbonyl (C=O) groups excluding carboxylic acids is 1. The molecule has 1 aliphatic heterocycles. The summed E-state index contributed by atoms with van der Waals surface area (Å²) < 4.78 is 11.0. The standard InChI is InChI=1S/C30H34N6O3/c1-4-38-28(37)30(10-11-30)18-36-13-12-29(17-36)9-8-22-23(6-5-7-24(22)29)26-34-27(39-35-26)21-14-20(15-31)25(32-16-21)33-19(2)3/h5-7,14,16,19H,4,8-13,17-18H2,1-3H3,(H,32,33). The second-order valence-corrected chi connectivity index (χ2v) is 11.5. The zero-order valence-electron chi connectivity index (χ0n) is 22.8. The van der Waals surface area contributed by atoms with Crippen LogP contribution in [0.4, 0.5) is 5.82 Å². The largest absolute Gasteiger partial charge is 0.466 e. The number of likely N-dealkylation sites (tertiary alicyclic amines) is 1. The van der Waals surface area contributed by atoms with Crippen LogP contribution >= 0.6 is 0 Å². The van der Waals surface area contributed by atoms with Gasteiger partial charge in [0.15, 0.2) is 0 Å². The van der Waals surface area contributed by atoms with Crippen molar-refractivity contribution in [2.24, 2.45) is 5.41 Å². The van der Waals surface area contributed by atoms with E-state index in [1.54, 1.807) is 12.3 Å². The summed E-state index contributed by atoms with van der Waals surface area (Å²) in [5.41, 5.74) is 4.49. The summed E-state index contributed by atoms with van der Waals surface area (Å²) >= 11 is 0. The second-order valence-electron chi connectivity index (χ2n) is 11.5. The Morgan fingerprint density at radius 1 is 1.28 bits per heavy atom. The molecule has 3 aromatic rings. The molecular formula is C30H34N6O3. The topological polar surface area (TPSA) is 117 Å². The molecule has 1 N–H and O–H groups in total. The summed E-state index contributed by atoms with van der Waals surface area (Å²) in [5.74, 6) is 1.41. The Labute approximate surface area is 228 Å². The first-order valence-corrected chi connectivity index (χ1v) is 13.9. The van der Waals surface area contributed by atoms with Crippen molar-refractivity contribution in [1.29, 1.82) is 5.26 Å². The van der Waals surface area contributed by atoms with Crippen LogP contribution < -0.4 is 5.32 Å². The van der Waals surface area contributed by atoms with E-state index < -0.39 is 0 Å². The number of pyridine rings is 1. The molecule has 0 bridgehead atoms. The van der Waals surface area contributed by atoms with Gasteiger partial charge < -0.3 is 19.5 Å². The van der Waals surface area contributed by atoms with Crippen LogP contribution in [0.25, 0.3) is 22.8 Å². The predicted molar refractivity (Wildman–Crippen MR) is 146 cm³/mol. The lowest BCUT2D eigenvalue weighted by molar-refractivity contribution is -0.150. The van der Waals surface area contributed by atoms with Crippen LogP contribution in [0.15, 0.2) is 35.0 Å². The van der Waals surface area contributed by atoms with Crippen molar-refractivity contribution < 1.29 is 14.1 Å². The quantitative estimate of drug-likeness (QED) is 0.416. The second kappa shape index (κ2) is 9.76. The molecule has 2 aromatic heterocycles. The molecule has 39 heavy (non-hydrogen) atoms. The van der Waals surface area contributed by atoms with Crippen molar-refractivity contribution in [2.45, 2.75) is 64.3 Å². The van der Waals surface area contributed by atoms with Gasteiger partial charge in [-0.2, -0.15) is 10.2 Å². The molecule has 1 unspecified atom stereocenters. The van der Waals surface area contributed by atoms with Crippen molar-refractivity contribution in [3.63, 3.8) is 0 Å². The first-order chi connectivity index (χ1) is 18.9. The fourth-order valence-electron chi connectivity index (χ4n) is 6.37. The number of anilines is 1. The number of fused-ring (bicyclic) bond motifs is 2. The van der Waals surface area contributed by atoms with Crippen molar-refractivity contribution in [3.05, 3.63) is 47.2 Å². The molecule has 6 rings (SSSR count). The summed E-state index contributed by atoms with van der Waals surface area (Å²) in [7, 11) is 0. The Kier molecular flexibility index (Phi) is 6.38. The SMILES string of the molecule is CCOC(=O)C1(CN2CCC3(CCc4c(-c5noc(-c6cnc(NC(C)C)c(C#N)c6)n5)cccc43)C2)CC1. The van der Waals surface area contributed by atoms with Gasteiger partial charge in [-0.3, -0.25) is 4.79 Å². The molecule has 2 aliphatic carbocycles. The van der Waals surface area contributed by atoms with Gasteiger partial charge in [0.25, 0.3) is 5.89 Å². The minimum absolute atomic E-state index is 0.0316. The van der Waals surface area contributed by atoms with Gasteiger partial charge in [-0.15, -0.1) is 0 Å². The molecule has 0 amide bonds. The van der Waals surface area contributed by atoms with Gasteiger partial charge in [-0.1, -0.05) is 23.4 Å². The van der Waals surface area contributed by atoms with Gasteiger partial charge in [0, 0.05) is 36.3 Å². The summed E-state index contributed by atoms with van der Waals surface area (Å²) in [6.45, 7) is 9.06. The highest BCUT2D eigenvalue weighted by atomic mass is 16.5. The third kappa shape index (κ3) is 4.57. The van der Waals surface area contributed by atoms with Crippen molar-refractivity contribution >= 4 is 11.8 Å². The predicted octanol–water partition coefficient (Wildman–Crippen LogP) is 4.72. The lowest BCUT2D eigenvalue weighted by atomic mass is 9.81. The number of nitriles is 1. The van der Waals surface area contributed by atoms with Gasteiger partial charge in [-0.25, -0.2) is 4.98 Å². The normalized spacial score (nSPS) is 21.2. The summed E-state index contributed by atoms with van der Waals surface area (Å²) in [6, 6.07) is 10.5. The summed E-state index contributed by atoms with van der Waals surface area (Å²) in [5, 5.41) is 17.1. The van der Waals surface area contributed by atoms with Crippen LogP contribution in [0.1, 0.15) is 63.1 Å². The van der Waals surface area contributed by atoms with Crippen molar-refractivity contribution in [1.82, 2.24) is 20.0 Å². The average Bonchev–Trinajstić information content (AvgIpc) is 3.25. The fourth-order valence-corrected chi connectivity index (χ4v) is 6.37. The number of rotatable bonds is 8. The highest BCUT2D eigenvalue weighted by molar-refractivity contribution is 5.80. The smallest absolute Gasteiger partial charge is 0.313 e. The summed E-state index contributed by atoms with van der Waals surface area (Å²) in [6.07, 6.45) is 6.63. The number of ether oxygens (including phenoxy) is 1. The van der Waals surface area contributed by atoms with E-state index >= 15 is 0 Å². The Balaban J connectivity index is 1.23. The molecule has 1 atom stereocenters. The van der Waals surface area contributed by atoms with E-state index in [0.29, 0.717) is 35.3 Å². The van der Waals surface area contributed by atoms with Gasteiger partial charge in [0.1, 0.15) is 11.9 Å². The Hall–Kier alpha value is -3.77. The molecule has 1 aromatic carbocycles. The number of esters is 1. The number of hydrogen-bond donors (Lipinski definition) is 1. The molecule has 9 nitrogen and oxygen atoms in total. The lowest BCUT2D eigenvalue weighted by Gasteiger charge is -2.27. The highest BCUT2D eigenvalue weighted by Gasteiger charge is 2.54. The van der Waals surface area contributed by atoms with E-state index in [1.807, 2.05) is 20.8 Å².